The summed E-state index contributed by atoms with van der Waals surface area (Å²) in [5, 5.41) is 1.78. The van der Waals surface area contributed by atoms with Crippen LogP contribution in [0.4, 0.5) is 23.2 Å². The average molecular weight is 249 g/mol. The standard InChI is InChI=1S/C11H11F4NO/c1-6-3-7(2)5-8(4-6)16-10(17)11(14,15)9(12)13/h3-5,9H,1-2H3,(H,16,17). The van der Waals surface area contributed by atoms with Gasteiger partial charge in [-0.05, 0) is 37.1 Å². The summed E-state index contributed by atoms with van der Waals surface area (Å²) in [5.74, 6) is -6.69. The molecule has 6 heteroatoms. The molecule has 17 heavy (non-hydrogen) atoms. The van der Waals surface area contributed by atoms with Gasteiger partial charge in [-0.15, -0.1) is 0 Å². The summed E-state index contributed by atoms with van der Waals surface area (Å²) in [6.07, 6.45) is -4.02. The molecule has 0 saturated heterocycles. The molecule has 0 spiro atoms. The van der Waals surface area contributed by atoms with Gasteiger partial charge in [-0.1, -0.05) is 6.07 Å². The summed E-state index contributed by atoms with van der Waals surface area (Å²) in [6.45, 7) is 3.40. The molecule has 1 aromatic carbocycles. The van der Waals surface area contributed by atoms with E-state index in [0.29, 0.717) is 0 Å². The van der Waals surface area contributed by atoms with E-state index in [0.717, 1.165) is 11.1 Å². The van der Waals surface area contributed by atoms with Crippen LogP contribution in [-0.2, 0) is 4.79 Å². The van der Waals surface area contributed by atoms with Crippen molar-refractivity contribution in [3.63, 3.8) is 0 Å². The Hall–Kier alpha value is -1.59. The number of carbonyl (C=O) groups excluding carboxylic acids is 1. The quantitative estimate of drug-likeness (QED) is 0.819. The Balaban J connectivity index is 2.88. The topological polar surface area (TPSA) is 29.1 Å². The number of hydrogen-bond acceptors (Lipinski definition) is 1. The number of anilines is 1. The molecule has 1 N–H and O–H groups in total. The van der Waals surface area contributed by atoms with Crippen molar-refractivity contribution in [3.8, 4) is 0 Å². The lowest BCUT2D eigenvalue weighted by Crippen LogP contribution is -2.41. The zero-order chi connectivity index (χ0) is 13.2. The minimum Gasteiger partial charge on any atom is -0.321 e. The fourth-order valence-electron chi connectivity index (χ4n) is 1.36. The van der Waals surface area contributed by atoms with E-state index in [1.165, 1.54) is 12.1 Å². The molecule has 0 aromatic heterocycles. The van der Waals surface area contributed by atoms with Gasteiger partial charge >= 0.3 is 18.3 Å². The monoisotopic (exact) mass is 249 g/mol. The maximum absolute atomic E-state index is 12.7. The first-order chi connectivity index (χ1) is 7.73. The molecule has 0 atom stereocenters. The second kappa shape index (κ2) is 4.73. The Bertz CT molecular complexity index is 411. The van der Waals surface area contributed by atoms with Crippen LogP contribution in [0.1, 0.15) is 11.1 Å². The Morgan fingerprint density at radius 1 is 1.18 bits per heavy atom. The van der Waals surface area contributed by atoms with Gasteiger partial charge < -0.3 is 5.32 Å². The number of aryl methyl sites for hydroxylation is 2. The van der Waals surface area contributed by atoms with Crippen LogP contribution >= 0.6 is 0 Å². The van der Waals surface area contributed by atoms with Gasteiger partial charge in [0.2, 0.25) is 0 Å². The molecule has 2 nitrogen and oxygen atoms in total. The van der Waals surface area contributed by atoms with Gasteiger partial charge in [-0.3, -0.25) is 4.79 Å². The van der Waals surface area contributed by atoms with E-state index in [1.54, 1.807) is 25.2 Å². The lowest BCUT2D eigenvalue weighted by atomic mass is 10.1. The molecular weight excluding hydrogens is 238 g/mol. The van der Waals surface area contributed by atoms with E-state index in [9.17, 15) is 22.4 Å². The van der Waals surface area contributed by atoms with E-state index in [1.807, 2.05) is 0 Å². The van der Waals surface area contributed by atoms with E-state index in [-0.39, 0.29) is 5.69 Å². The summed E-state index contributed by atoms with van der Waals surface area (Å²) in [5.41, 5.74) is 1.55. The van der Waals surface area contributed by atoms with Crippen molar-refractivity contribution in [2.45, 2.75) is 26.2 Å². The number of hydrogen-bond donors (Lipinski definition) is 1. The summed E-state index contributed by atoms with van der Waals surface area (Å²) in [6, 6.07) is 4.61. The van der Waals surface area contributed by atoms with Crippen LogP contribution in [0.5, 0.6) is 0 Å². The fourth-order valence-corrected chi connectivity index (χ4v) is 1.36. The molecule has 1 amide bonds. The van der Waals surface area contributed by atoms with Crippen LogP contribution in [0.15, 0.2) is 18.2 Å². The Morgan fingerprint density at radius 2 is 1.65 bits per heavy atom. The molecule has 0 fully saturated rings. The maximum Gasteiger partial charge on any atom is 0.383 e. The van der Waals surface area contributed by atoms with Gasteiger partial charge in [0, 0.05) is 5.69 Å². The molecule has 0 saturated carbocycles. The number of carbonyl (C=O) groups is 1. The third kappa shape index (κ3) is 3.18. The van der Waals surface area contributed by atoms with Crippen molar-refractivity contribution in [1.29, 1.82) is 0 Å². The summed E-state index contributed by atoms with van der Waals surface area (Å²) >= 11 is 0. The molecule has 0 unspecified atom stereocenters. The first-order valence-corrected chi connectivity index (χ1v) is 4.79. The lowest BCUT2D eigenvalue weighted by Gasteiger charge is -2.15. The van der Waals surface area contributed by atoms with Crippen LogP contribution in [0.2, 0.25) is 0 Å². The second-order valence-electron chi connectivity index (χ2n) is 3.75. The molecule has 0 radical (unpaired) electrons. The maximum atomic E-state index is 12.7. The van der Waals surface area contributed by atoms with Gasteiger partial charge in [0.25, 0.3) is 0 Å². The first-order valence-electron chi connectivity index (χ1n) is 4.79. The molecular formula is C11H11F4NO. The molecule has 0 aliphatic heterocycles. The summed E-state index contributed by atoms with van der Waals surface area (Å²) in [4.78, 5) is 11.0. The number of rotatable bonds is 3. The zero-order valence-corrected chi connectivity index (χ0v) is 9.23. The molecule has 0 aliphatic carbocycles. The van der Waals surface area contributed by atoms with Gasteiger partial charge in [0.15, 0.2) is 0 Å². The highest BCUT2D eigenvalue weighted by atomic mass is 19.3. The van der Waals surface area contributed by atoms with Gasteiger partial charge in [-0.25, -0.2) is 8.78 Å². The molecule has 0 aliphatic rings. The predicted octanol–water partition coefficient (Wildman–Crippen LogP) is 3.14. The molecule has 1 rings (SSSR count). The Morgan fingerprint density at radius 3 is 2.06 bits per heavy atom. The van der Waals surface area contributed by atoms with E-state index in [4.69, 9.17) is 0 Å². The largest absolute Gasteiger partial charge is 0.383 e. The van der Waals surface area contributed by atoms with Crippen molar-refractivity contribution in [2.24, 2.45) is 0 Å². The third-order valence-electron chi connectivity index (χ3n) is 2.06. The van der Waals surface area contributed by atoms with Crippen LogP contribution < -0.4 is 5.32 Å². The van der Waals surface area contributed by atoms with Crippen LogP contribution in [-0.4, -0.2) is 18.3 Å². The predicted molar refractivity (Wildman–Crippen MR) is 55.5 cm³/mol. The molecule has 0 bridgehead atoms. The fraction of sp³-hybridized carbons (Fsp3) is 0.364. The molecule has 1 aromatic rings. The lowest BCUT2D eigenvalue weighted by molar-refractivity contribution is -0.163. The van der Waals surface area contributed by atoms with Gasteiger partial charge in [0.1, 0.15) is 0 Å². The van der Waals surface area contributed by atoms with Crippen molar-refractivity contribution < 1.29 is 22.4 Å². The minimum atomic E-state index is -4.68. The van der Waals surface area contributed by atoms with Crippen LogP contribution in [0.25, 0.3) is 0 Å². The van der Waals surface area contributed by atoms with Crippen molar-refractivity contribution >= 4 is 11.6 Å². The number of alkyl halides is 4. The van der Waals surface area contributed by atoms with Crippen molar-refractivity contribution in [3.05, 3.63) is 29.3 Å². The smallest absolute Gasteiger partial charge is 0.321 e. The van der Waals surface area contributed by atoms with Crippen molar-refractivity contribution in [2.75, 3.05) is 5.32 Å². The Kier molecular flexibility index (Phi) is 3.75. The normalized spacial score (nSPS) is 11.7. The highest BCUT2D eigenvalue weighted by Crippen LogP contribution is 2.25. The number of nitrogens with one attached hydrogen (secondary N) is 1. The highest BCUT2D eigenvalue weighted by molar-refractivity contribution is 5.96. The number of benzene rings is 1. The van der Waals surface area contributed by atoms with E-state index in [2.05, 4.69) is 0 Å². The highest BCUT2D eigenvalue weighted by Gasteiger charge is 2.48. The summed E-state index contributed by atoms with van der Waals surface area (Å²) in [7, 11) is 0. The average Bonchev–Trinajstić information content (AvgIpc) is 2.15. The van der Waals surface area contributed by atoms with Gasteiger partial charge in [-0.2, -0.15) is 8.78 Å². The number of amides is 1. The summed E-state index contributed by atoms with van der Waals surface area (Å²) < 4.78 is 49.2. The third-order valence-corrected chi connectivity index (χ3v) is 2.06. The zero-order valence-electron chi connectivity index (χ0n) is 9.23. The number of halogens is 4. The van der Waals surface area contributed by atoms with Crippen LogP contribution in [0, 0.1) is 13.8 Å². The van der Waals surface area contributed by atoms with Gasteiger partial charge in [0.05, 0.1) is 0 Å². The SMILES string of the molecule is Cc1cc(C)cc(NC(=O)C(F)(F)C(F)F)c1. The van der Waals surface area contributed by atoms with Crippen molar-refractivity contribution in [1.82, 2.24) is 0 Å². The molecule has 0 heterocycles. The van der Waals surface area contributed by atoms with E-state index >= 15 is 0 Å². The van der Waals surface area contributed by atoms with Crippen LogP contribution in [0.3, 0.4) is 0 Å². The Labute approximate surface area is 95.6 Å². The minimum absolute atomic E-state index is 0.0767. The second-order valence-corrected chi connectivity index (χ2v) is 3.75. The molecule has 94 valence electrons. The van der Waals surface area contributed by atoms with E-state index < -0.39 is 18.3 Å². The first kappa shape index (κ1) is 13.5.